The van der Waals surface area contributed by atoms with Crippen LogP contribution in [0.25, 0.3) is 0 Å². The number of amides is 1. The van der Waals surface area contributed by atoms with E-state index in [0.717, 1.165) is 61.8 Å². The molecular formula is C28H33N5O2. The molecule has 0 unspecified atom stereocenters. The predicted molar refractivity (Wildman–Crippen MR) is 136 cm³/mol. The van der Waals surface area contributed by atoms with Crippen molar-refractivity contribution in [3.05, 3.63) is 84.2 Å². The summed E-state index contributed by atoms with van der Waals surface area (Å²) in [6.45, 7) is 4.77. The number of hydrogen-bond donors (Lipinski definition) is 1. The second-order valence-corrected chi connectivity index (χ2v) is 9.42. The van der Waals surface area contributed by atoms with Gasteiger partial charge in [-0.15, -0.1) is 0 Å². The Bertz CT molecular complexity index is 1090. The molecule has 1 aromatic heterocycles. The first-order chi connectivity index (χ1) is 17.2. The van der Waals surface area contributed by atoms with E-state index in [4.69, 9.17) is 4.74 Å². The molecule has 1 fully saturated rings. The van der Waals surface area contributed by atoms with E-state index in [-0.39, 0.29) is 12.0 Å². The molecular weight excluding hydrogens is 438 g/mol. The Labute approximate surface area is 207 Å². The minimum Gasteiger partial charge on any atom is -0.484 e. The third-order valence-corrected chi connectivity index (χ3v) is 6.83. The van der Waals surface area contributed by atoms with Gasteiger partial charge in [-0.05, 0) is 36.5 Å². The Morgan fingerprint density at radius 1 is 1.00 bits per heavy atom. The van der Waals surface area contributed by atoms with Crippen LogP contribution >= 0.6 is 0 Å². The van der Waals surface area contributed by atoms with E-state index in [1.807, 2.05) is 42.5 Å². The molecule has 0 radical (unpaired) electrons. The summed E-state index contributed by atoms with van der Waals surface area (Å²) in [7, 11) is 0. The summed E-state index contributed by atoms with van der Waals surface area (Å²) < 4.78 is 6.40. The zero-order valence-electron chi connectivity index (χ0n) is 20.1. The molecule has 1 saturated heterocycles. The smallest absolute Gasteiger partial charge is 0.225 e. The van der Waals surface area contributed by atoms with Gasteiger partial charge in [0.15, 0.2) is 0 Å². The molecule has 2 aliphatic rings. The number of anilines is 1. The molecule has 182 valence electrons. The normalized spacial score (nSPS) is 20.4. The number of ether oxygens (including phenoxy) is 1. The SMILES string of the molecule is O=C(CCN1Cc2ccccc2O[C@@H](c2ccccc2)C1)NC[C@H]1CCCN(c2ncccn2)C1. The number of aromatic nitrogens is 2. The topological polar surface area (TPSA) is 70.6 Å². The lowest BCUT2D eigenvalue weighted by molar-refractivity contribution is -0.121. The number of hydrogen-bond acceptors (Lipinski definition) is 6. The number of fused-ring (bicyclic) bond motifs is 1. The van der Waals surface area contributed by atoms with Gasteiger partial charge in [0.2, 0.25) is 11.9 Å². The predicted octanol–water partition coefficient (Wildman–Crippen LogP) is 3.84. The third kappa shape index (κ3) is 6.17. The summed E-state index contributed by atoms with van der Waals surface area (Å²) in [6.07, 6.45) is 6.18. The number of piperidine rings is 1. The average Bonchev–Trinajstić information content (AvgIpc) is 3.11. The first kappa shape index (κ1) is 23.3. The van der Waals surface area contributed by atoms with E-state index in [2.05, 4.69) is 43.3 Å². The second-order valence-electron chi connectivity index (χ2n) is 9.42. The molecule has 7 heteroatoms. The maximum atomic E-state index is 12.8. The summed E-state index contributed by atoms with van der Waals surface area (Å²) in [4.78, 5) is 26.1. The summed E-state index contributed by atoms with van der Waals surface area (Å²) in [6, 6.07) is 20.4. The van der Waals surface area contributed by atoms with E-state index in [1.165, 1.54) is 0 Å². The number of carbonyl (C=O) groups excluding carboxylic acids is 1. The molecule has 3 aromatic rings. The van der Waals surface area contributed by atoms with Crippen LogP contribution in [0, 0.1) is 5.92 Å². The van der Waals surface area contributed by atoms with Gasteiger partial charge in [0.25, 0.3) is 0 Å². The first-order valence-electron chi connectivity index (χ1n) is 12.5. The van der Waals surface area contributed by atoms with E-state index >= 15 is 0 Å². The highest BCUT2D eigenvalue weighted by Crippen LogP contribution is 2.31. The third-order valence-electron chi connectivity index (χ3n) is 6.83. The fourth-order valence-corrected chi connectivity index (χ4v) is 4.97. The lowest BCUT2D eigenvalue weighted by atomic mass is 9.98. The van der Waals surface area contributed by atoms with Gasteiger partial charge in [0, 0.05) is 63.6 Å². The van der Waals surface area contributed by atoms with Gasteiger partial charge in [0.1, 0.15) is 11.9 Å². The first-order valence-corrected chi connectivity index (χ1v) is 12.5. The van der Waals surface area contributed by atoms with Crippen molar-refractivity contribution in [3.8, 4) is 5.75 Å². The van der Waals surface area contributed by atoms with E-state index in [1.54, 1.807) is 12.4 Å². The number of nitrogens with zero attached hydrogens (tertiary/aromatic N) is 4. The lowest BCUT2D eigenvalue weighted by Crippen LogP contribution is -2.42. The minimum absolute atomic E-state index is 0.0589. The molecule has 1 amide bonds. The summed E-state index contributed by atoms with van der Waals surface area (Å²) in [5.41, 5.74) is 2.32. The Kier molecular flexibility index (Phi) is 7.53. The zero-order chi connectivity index (χ0) is 23.9. The van der Waals surface area contributed by atoms with Crippen molar-refractivity contribution in [2.45, 2.75) is 31.9 Å². The fourth-order valence-electron chi connectivity index (χ4n) is 4.97. The molecule has 35 heavy (non-hydrogen) atoms. The largest absolute Gasteiger partial charge is 0.484 e. The summed E-state index contributed by atoms with van der Waals surface area (Å²) in [5.74, 6) is 2.22. The molecule has 0 bridgehead atoms. The fraction of sp³-hybridized carbons (Fsp3) is 0.393. The summed E-state index contributed by atoms with van der Waals surface area (Å²) in [5, 5.41) is 3.18. The summed E-state index contributed by atoms with van der Waals surface area (Å²) >= 11 is 0. The number of benzene rings is 2. The van der Waals surface area contributed by atoms with Crippen LogP contribution in [0.15, 0.2) is 73.1 Å². The van der Waals surface area contributed by atoms with E-state index in [0.29, 0.717) is 25.4 Å². The van der Waals surface area contributed by atoms with Crippen LogP contribution in [0.5, 0.6) is 5.75 Å². The zero-order valence-corrected chi connectivity index (χ0v) is 20.1. The standard InChI is InChI=1S/C28H33N5O2/c34-27(31-18-22-8-6-16-33(19-22)28-29-14-7-15-30-28)13-17-32-20-24-11-4-5-12-25(24)35-26(21-32)23-9-2-1-3-10-23/h1-5,7,9-12,14-15,22,26H,6,8,13,16-21H2,(H,31,34)/t22-,26-/m1/s1. The van der Waals surface area contributed by atoms with Gasteiger partial charge in [-0.1, -0.05) is 48.5 Å². The van der Waals surface area contributed by atoms with Crippen molar-refractivity contribution >= 4 is 11.9 Å². The molecule has 7 nitrogen and oxygen atoms in total. The van der Waals surface area contributed by atoms with Gasteiger partial charge >= 0.3 is 0 Å². The number of para-hydroxylation sites is 1. The Morgan fingerprint density at radius 3 is 2.66 bits per heavy atom. The van der Waals surface area contributed by atoms with Crippen LogP contribution in [-0.4, -0.2) is 53.5 Å². The number of carbonyl (C=O) groups is 1. The number of nitrogens with one attached hydrogen (secondary N) is 1. The van der Waals surface area contributed by atoms with Crippen LogP contribution in [-0.2, 0) is 11.3 Å². The Hall–Kier alpha value is -3.45. The van der Waals surface area contributed by atoms with Gasteiger partial charge in [0.05, 0.1) is 0 Å². The lowest BCUT2D eigenvalue weighted by Gasteiger charge is -2.32. The van der Waals surface area contributed by atoms with E-state index in [9.17, 15) is 4.79 Å². The van der Waals surface area contributed by atoms with Crippen LogP contribution < -0.4 is 15.0 Å². The number of rotatable bonds is 7. The van der Waals surface area contributed by atoms with Crippen LogP contribution in [0.1, 0.15) is 36.5 Å². The van der Waals surface area contributed by atoms with Crippen molar-refractivity contribution in [2.24, 2.45) is 5.92 Å². The van der Waals surface area contributed by atoms with Crippen molar-refractivity contribution in [3.63, 3.8) is 0 Å². The molecule has 0 spiro atoms. The van der Waals surface area contributed by atoms with Crippen LogP contribution in [0.3, 0.4) is 0 Å². The molecule has 5 rings (SSSR count). The van der Waals surface area contributed by atoms with Crippen molar-refractivity contribution in [1.82, 2.24) is 20.2 Å². The second kappa shape index (κ2) is 11.3. The molecule has 0 aliphatic carbocycles. The minimum atomic E-state index is -0.0589. The molecule has 3 heterocycles. The van der Waals surface area contributed by atoms with Gasteiger partial charge in [-0.2, -0.15) is 0 Å². The van der Waals surface area contributed by atoms with Gasteiger partial charge in [-0.25, -0.2) is 9.97 Å². The Balaban J connectivity index is 1.14. The highest BCUT2D eigenvalue weighted by Gasteiger charge is 2.25. The monoisotopic (exact) mass is 471 g/mol. The molecule has 2 aliphatic heterocycles. The molecule has 2 aromatic carbocycles. The Morgan fingerprint density at radius 2 is 1.80 bits per heavy atom. The highest BCUT2D eigenvalue weighted by molar-refractivity contribution is 5.76. The van der Waals surface area contributed by atoms with Gasteiger partial charge in [-0.3, -0.25) is 9.69 Å². The van der Waals surface area contributed by atoms with Gasteiger partial charge < -0.3 is 15.0 Å². The van der Waals surface area contributed by atoms with Crippen molar-refractivity contribution < 1.29 is 9.53 Å². The highest BCUT2D eigenvalue weighted by atomic mass is 16.5. The maximum Gasteiger partial charge on any atom is 0.225 e. The van der Waals surface area contributed by atoms with E-state index < -0.39 is 0 Å². The average molecular weight is 472 g/mol. The molecule has 0 saturated carbocycles. The quantitative estimate of drug-likeness (QED) is 0.565. The molecule has 1 N–H and O–H groups in total. The van der Waals surface area contributed by atoms with Crippen LogP contribution in [0.2, 0.25) is 0 Å². The van der Waals surface area contributed by atoms with Crippen molar-refractivity contribution in [1.29, 1.82) is 0 Å². The van der Waals surface area contributed by atoms with Crippen molar-refractivity contribution in [2.75, 3.05) is 37.6 Å². The maximum absolute atomic E-state index is 12.8. The van der Waals surface area contributed by atoms with Crippen LogP contribution in [0.4, 0.5) is 5.95 Å². The molecule has 2 atom stereocenters.